The lowest BCUT2D eigenvalue weighted by Crippen LogP contribution is -2.39. The van der Waals surface area contributed by atoms with Gasteiger partial charge in [0.25, 0.3) is 5.91 Å². The van der Waals surface area contributed by atoms with E-state index in [2.05, 4.69) is 21.2 Å². The SMILES string of the molecule is O=C(NCCC(=O)N1CCC(F)(C(=O)O)C1)c1ccc(Br)cc1. The Morgan fingerprint density at radius 3 is 2.52 bits per heavy atom. The minimum absolute atomic E-state index is 0.00202. The molecule has 1 heterocycles. The lowest BCUT2D eigenvalue weighted by molar-refractivity contribution is -0.150. The second-order valence-electron chi connectivity index (χ2n) is 5.35. The molecule has 124 valence electrons. The second-order valence-corrected chi connectivity index (χ2v) is 6.26. The lowest BCUT2D eigenvalue weighted by atomic mass is 10.1. The number of carbonyl (C=O) groups is 3. The molecule has 0 bridgehead atoms. The van der Waals surface area contributed by atoms with Gasteiger partial charge in [-0.1, -0.05) is 15.9 Å². The highest BCUT2D eigenvalue weighted by Gasteiger charge is 2.46. The molecule has 0 radical (unpaired) electrons. The zero-order chi connectivity index (χ0) is 17.0. The van der Waals surface area contributed by atoms with E-state index in [0.717, 1.165) is 4.47 Å². The number of rotatable bonds is 5. The van der Waals surface area contributed by atoms with Gasteiger partial charge in [-0.05, 0) is 24.3 Å². The molecule has 23 heavy (non-hydrogen) atoms. The lowest BCUT2D eigenvalue weighted by Gasteiger charge is -2.17. The van der Waals surface area contributed by atoms with Crippen molar-refractivity contribution in [1.29, 1.82) is 0 Å². The minimum Gasteiger partial charge on any atom is -0.479 e. The zero-order valence-corrected chi connectivity index (χ0v) is 13.8. The van der Waals surface area contributed by atoms with Crippen molar-refractivity contribution >= 4 is 33.7 Å². The number of benzene rings is 1. The van der Waals surface area contributed by atoms with Gasteiger partial charge in [0.05, 0.1) is 6.54 Å². The number of carbonyl (C=O) groups excluding carboxylic acids is 2. The Morgan fingerprint density at radius 2 is 1.96 bits per heavy atom. The first-order valence-electron chi connectivity index (χ1n) is 7.06. The summed E-state index contributed by atoms with van der Waals surface area (Å²) in [6.07, 6.45) is -0.211. The van der Waals surface area contributed by atoms with Gasteiger partial charge in [0.15, 0.2) is 0 Å². The van der Waals surface area contributed by atoms with Gasteiger partial charge in [-0.2, -0.15) is 0 Å². The molecule has 8 heteroatoms. The molecule has 2 rings (SSSR count). The number of halogens is 2. The van der Waals surface area contributed by atoms with Crippen LogP contribution in [-0.4, -0.2) is 53.1 Å². The summed E-state index contributed by atoms with van der Waals surface area (Å²) in [6, 6.07) is 6.76. The summed E-state index contributed by atoms with van der Waals surface area (Å²) >= 11 is 3.27. The molecule has 0 spiro atoms. The normalized spacial score (nSPS) is 20.3. The molecule has 1 aliphatic heterocycles. The Kier molecular flexibility index (Phi) is 5.35. The van der Waals surface area contributed by atoms with E-state index in [4.69, 9.17) is 5.11 Å². The fourth-order valence-corrected chi connectivity index (χ4v) is 2.57. The number of amides is 2. The molecule has 6 nitrogen and oxygen atoms in total. The molecule has 1 aromatic carbocycles. The maximum Gasteiger partial charge on any atom is 0.343 e. The summed E-state index contributed by atoms with van der Waals surface area (Å²) in [7, 11) is 0. The molecule has 0 aromatic heterocycles. The van der Waals surface area contributed by atoms with Crippen LogP contribution in [0.5, 0.6) is 0 Å². The number of alkyl halides is 1. The van der Waals surface area contributed by atoms with Crippen LogP contribution in [0, 0.1) is 0 Å². The molecule has 1 fully saturated rings. The largest absolute Gasteiger partial charge is 0.479 e. The fraction of sp³-hybridized carbons (Fsp3) is 0.400. The smallest absolute Gasteiger partial charge is 0.343 e. The Labute approximate surface area is 140 Å². The van der Waals surface area contributed by atoms with Crippen molar-refractivity contribution in [2.75, 3.05) is 19.6 Å². The highest BCUT2D eigenvalue weighted by Crippen LogP contribution is 2.26. The standard InChI is InChI=1S/C15H16BrFN2O4/c16-11-3-1-10(2-4-11)13(21)18-7-5-12(20)19-8-6-15(17,9-19)14(22)23/h1-4H,5-9H2,(H,18,21)(H,22,23). The van der Waals surface area contributed by atoms with Crippen LogP contribution in [-0.2, 0) is 9.59 Å². The van der Waals surface area contributed by atoms with Crippen LogP contribution in [0.3, 0.4) is 0 Å². The molecule has 0 saturated carbocycles. The number of nitrogens with zero attached hydrogens (tertiary/aromatic N) is 1. The molecular weight excluding hydrogens is 371 g/mol. The zero-order valence-electron chi connectivity index (χ0n) is 12.2. The van der Waals surface area contributed by atoms with Gasteiger partial charge in [0, 0.05) is 36.0 Å². The molecule has 2 amide bonds. The average molecular weight is 387 g/mol. The van der Waals surface area contributed by atoms with E-state index in [-0.39, 0.29) is 37.7 Å². The van der Waals surface area contributed by atoms with Crippen molar-refractivity contribution in [1.82, 2.24) is 10.2 Å². The Balaban J connectivity index is 1.78. The highest BCUT2D eigenvalue weighted by atomic mass is 79.9. The van der Waals surface area contributed by atoms with Crippen molar-refractivity contribution < 1.29 is 23.9 Å². The van der Waals surface area contributed by atoms with E-state index < -0.39 is 18.2 Å². The van der Waals surface area contributed by atoms with Crippen LogP contribution in [0.1, 0.15) is 23.2 Å². The summed E-state index contributed by atoms with van der Waals surface area (Å²) in [5, 5.41) is 11.4. The number of carboxylic acid groups (broad SMARTS) is 1. The number of hydrogen-bond acceptors (Lipinski definition) is 3. The molecule has 0 aliphatic carbocycles. The quantitative estimate of drug-likeness (QED) is 0.804. The molecule has 1 saturated heterocycles. The maximum atomic E-state index is 13.9. The summed E-state index contributed by atoms with van der Waals surface area (Å²) in [5.41, 5.74) is -1.90. The first-order valence-corrected chi connectivity index (χ1v) is 7.85. The van der Waals surface area contributed by atoms with Gasteiger partial charge >= 0.3 is 5.97 Å². The topological polar surface area (TPSA) is 86.7 Å². The molecule has 2 N–H and O–H groups in total. The van der Waals surface area contributed by atoms with Gasteiger partial charge in [-0.3, -0.25) is 9.59 Å². The van der Waals surface area contributed by atoms with Crippen LogP contribution in [0.4, 0.5) is 4.39 Å². The molecule has 1 unspecified atom stereocenters. The van der Waals surface area contributed by atoms with E-state index in [1.165, 1.54) is 4.90 Å². The Bertz CT molecular complexity index is 622. The monoisotopic (exact) mass is 386 g/mol. The third-order valence-electron chi connectivity index (χ3n) is 3.69. The van der Waals surface area contributed by atoms with Crippen LogP contribution in [0.25, 0.3) is 0 Å². The van der Waals surface area contributed by atoms with Crippen molar-refractivity contribution in [3.8, 4) is 0 Å². The van der Waals surface area contributed by atoms with Gasteiger partial charge in [-0.25, -0.2) is 9.18 Å². The molecule has 1 aromatic rings. The predicted molar refractivity (Wildman–Crippen MR) is 83.8 cm³/mol. The predicted octanol–water partition coefficient (Wildman–Crippen LogP) is 1.59. The first-order chi connectivity index (χ1) is 10.8. The summed E-state index contributed by atoms with van der Waals surface area (Å²) in [4.78, 5) is 35.8. The summed E-state index contributed by atoms with van der Waals surface area (Å²) < 4.78 is 14.7. The second kappa shape index (κ2) is 7.08. The number of nitrogens with one attached hydrogen (secondary N) is 1. The maximum absolute atomic E-state index is 13.9. The summed E-state index contributed by atoms with van der Waals surface area (Å²) in [5.74, 6) is -2.23. The fourth-order valence-electron chi connectivity index (χ4n) is 2.30. The van der Waals surface area contributed by atoms with E-state index in [1.54, 1.807) is 24.3 Å². The molecule has 1 atom stereocenters. The average Bonchev–Trinajstić information content (AvgIpc) is 2.92. The third kappa shape index (κ3) is 4.28. The first kappa shape index (κ1) is 17.4. The van der Waals surface area contributed by atoms with Crippen molar-refractivity contribution in [3.63, 3.8) is 0 Å². The highest BCUT2D eigenvalue weighted by molar-refractivity contribution is 9.10. The van der Waals surface area contributed by atoms with Gasteiger partial charge in [0.1, 0.15) is 0 Å². The van der Waals surface area contributed by atoms with Crippen LogP contribution in [0.15, 0.2) is 28.7 Å². The van der Waals surface area contributed by atoms with Crippen LogP contribution >= 0.6 is 15.9 Å². The van der Waals surface area contributed by atoms with Crippen LogP contribution in [0.2, 0.25) is 0 Å². The Morgan fingerprint density at radius 1 is 1.30 bits per heavy atom. The number of carboxylic acids is 1. The van der Waals surface area contributed by atoms with Gasteiger partial charge < -0.3 is 15.3 Å². The van der Waals surface area contributed by atoms with Crippen molar-refractivity contribution in [2.45, 2.75) is 18.5 Å². The Hall–Kier alpha value is -1.96. The van der Waals surface area contributed by atoms with E-state index in [9.17, 15) is 18.8 Å². The number of hydrogen-bond donors (Lipinski definition) is 2. The third-order valence-corrected chi connectivity index (χ3v) is 4.21. The summed E-state index contributed by atoms with van der Waals surface area (Å²) in [6.45, 7) is -0.263. The van der Waals surface area contributed by atoms with Crippen molar-refractivity contribution in [2.24, 2.45) is 0 Å². The van der Waals surface area contributed by atoms with Crippen molar-refractivity contribution in [3.05, 3.63) is 34.3 Å². The number of aliphatic carboxylic acids is 1. The molecule has 1 aliphatic rings. The van der Waals surface area contributed by atoms with E-state index in [0.29, 0.717) is 5.56 Å². The van der Waals surface area contributed by atoms with Gasteiger partial charge in [0.2, 0.25) is 11.6 Å². The van der Waals surface area contributed by atoms with E-state index >= 15 is 0 Å². The molecular formula is C15H16BrFN2O4. The van der Waals surface area contributed by atoms with E-state index in [1.807, 2.05) is 0 Å². The number of likely N-dealkylation sites (tertiary alicyclic amines) is 1. The minimum atomic E-state index is -2.36. The van der Waals surface area contributed by atoms with Crippen LogP contribution < -0.4 is 5.32 Å². The van der Waals surface area contributed by atoms with Gasteiger partial charge in [-0.15, -0.1) is 0 Å².